The van der Waals surface area contributed by atoms with E-state index in [1.54, 1.807) is 0 Å². The van der Waals surface area contributed by atoms with Crippen LogP contribution in [0.15, 0.2) is 64.6 Å². The van der Waals surface area contributed by atoms with Crippen LogP contribution < -0.4 is 11.5 Å². The van der Waals surface area contributed by atoms with Gasteiger partial charge in [-0.25, -0.2) is 4.99 Å². The Kier molecular flexibility index (Phi) is 6.21. The van der Waals surface area contributed by atoms with Crippen LogP contribution in [0.2, 0.25) is 0 Å². The second kappa shape index (κ2) is 8.36. The van der Waals surface area contributed by atoms with Crippen LogP contribution in [0, 0.1) is 0 Å². The fourth-order valence-electron chi connectivity index (χ4n) is 2.68. The summed E-state index contributed by atoms with van der Waals surface area (Å²) in [6.07, 6.45) is 2.29. The van der Waals surface area contributed by atoms with Crippen molar-refractivity contribution in [3.63, 3.8) is 0 Å². The fraction of sp³-hybridized carbons (Fsp3) is 0.222. The van der Waals surface area contributed by atoms with Gasteiger partial charge in [0.05, 0.1) is 5.69 Å². The molecule has 0 aliphatic carbocycles. The second-order valence-electron chi connectivity index (χ2n) is 5.55. The molecule has 4 N–H and O–H groups in total. The summed E-state index contributed by atoms with van der Waals surface area (Å²) in [7, 11) is 0. The summed E-state index contributed by atoms with van der Waals surface area (Å²) >= 11 is 0. The molecule has 0 unspecified atom stereocenters. The minimum atomic E-state index is 0. The lowest BCUT2D eigenvalue weighted by molar-refractivity contribution is 0.514. The van der Waals surface area contributed by atoms with E-state index in [2.05, 4.69) is 22.1 Å². The van der Waals surface area contributed by atoms with E-state index in [4.69, 9.17) is 11.5 Å². The summed E-state index contributed by atoms with van der Waals surface area (Å²) in [5.41, 5.74) is 14.9. The van der Waals surface area contributed by atoms with Crippen molar-refractivity contribution >= 4 is 30.0 Å². The average molecular weight is 344 g/mol. The second-order valence-corrected chi connectivity index (χ2v) is 5.55. The van der Waals surface area contributed by atoms with Crippen molar-refractivity contribution < 1.29 is 0 Å². The first-order chi connectivity index (χ1) is 11.2. The molecule has 24 heavy (non-hydrogen) atoms. The topological polar surface area (TPSA) is 80.0 Å². The van der Waals surface area contributed by atoms with E-state index in [9.17, 15) is 0 Å². The Hall–Kier alpha value is -2.53. The van der Waals surface area contributed by atoms with Crippen LogP contribution in [0.5, 0.6) is 0 Å². The van der Waals surface area contributed by atoms with Crippen molar-refractivity contribution in [2.45, 2.75) is 12.8 Å². The van der Waals surface area contributed by atoms with Gasteiger partial charge in [0, 0.05) is 13.1 Å². The maximum Gasteiger partial charge on any atom is 0.223 e. The Balaban J connectivity index is 0.00000208. The number of halogens is 1. The number of guanidine groups is 2. The number of nitrogens with two attached hydrogens (primary N) is 2. The highest BCUT2D eigenvalue weighted by Crippen LogP contribution is 2.23. The molecular weight excluding hydrogens is 322 g/mol. The third kappa shape index (κ3) is 4.49. The molecule has 1 saturated heterocycles. The Morgan fingerprint density at radius 3 is 2.25 bits per heavy atom. The Morgan fingerprint density at radius 1 is 0.875 bits per heavy atom. The van der Waals surface area contributed by atoms with E-state index in [1.807, 2.05) is 47.4 Å². The first kappa shape index (κ1) is 17.8. The van der Waals surface area contributed by atoms with Crippen LogP contribution in [-0.4, -0.2) is 29.9 Å². The number of hydrogen-bond donors (Lipinski definition) is 2. The third-order valence-corrected chi connectivity index (χ3v) is 3.86. The van der Waals surface area contributed by atoms with Crippen molar-refractivity contribution in [2.24, 2.45) is 21.5 Å². The van der Waals surface area contributed by atoms with Crippen LogP contribution in [0.25, 0.3) is 11.1 Å². The van der Waals surface area contributed by atoms with Crippen molar-refractivity contribution in [1.29, 1.82) is 0 Å². The lowest BCUT2D eigenvalue weighted by Crippen LogP contribution is -2.36. The Bertz CT molecular complexity index is 721. The summed E-state index contributed by atoms with van der Waals surface area (Å²) in [5.74, 6) is 0.627. The van der Waals surface area contributed by atoms with Gasteiger partial charge in [-0.2, -0.15) is 4.99 Å². The maximum atomic E-state index is 5.97. The first-order valence-corrected chi connectivity index (χ1v) is 7.81. The zero-order valence-corrected chi connectivity index (χ0v) is 14.2. The molecular formula is C18H22ClN5. The predicted molar refractivity (Wildman–Crippen MR) is 103 cm³/mol. The summed E-state index contributed by atoms with van der Waals surface area (Å²) in [4.78, 5) is 10.6. The molecule has 0 bridgehead atoms. The van der Waals surface area contributed by atoms with Crippen molar-refractivity contribution in [3.8, 4) is 11.1 Å². The van der Waals surface area contributed by atoms with Crippen molar-refractivity contribution in [2.75, 3.05) is 13.1 Å². The fourth-order valence-corrected chi connectivity index (χ4v) is 2.68. The first-order valence-electron chi connectivity index (χ1n) is 7.81. The van der Waals surface area contributed by atoms with Crippen molar-refractivity contribution in [1.82, 2.24) is 4.90 Å². The van der Waals surface area contributed by atoms with Crippen LogP contribution in [0.4, 0.5) is 5.69 Å². The highest BCUT2D eigenvalue weighted by molar-refractivity contribution is 5.94. The van der Waals surface area contributed by atoms with E-state index in [1.165, 1.54) is 0 Å². The van der Waals surface area contributed by atoms with Crippen LogP contribution in [0.1, 0.15) is 12.8 Å². The number of hydrogen-bond acceptors (Lipinski definition) is 1. The van der Waals surface area contributed by atoms with Crippen molar-refractivity contribution in [3.05, 3.63) is 54.6 Å². The zero-order valence-electron chi connectivity index (χ0n) is 13.4. The monoisotopic (exact) mass is 343 g/mol. The van der Waals surface area contributed by atoms with Gasteiger partial charge < -0.3 is 16.4 Å². The molecule has 3 rings (SSSR count). The highest BCUT2D eigenvalue weighted by atomic mass is 35.5. The number of likely N-dealkylation sites (tertiary alicyclic amines) is 1. The maximum absolute atomic E-state index is 5.97. The van der Waals surface area contributed by atoms with Gasteiger partial charge in [-0.3, -0.25) is 0 Å². The van der Waals surface area contributed by atoms with E-state index in [0.29, 0.717) is 5.96 Å². The van der Waals surface area contributed by atoms with Gasteiger partial charge in [0.2, 0.25) is 5.96 Å². The van der Waals surface area contributed by atoms with Crippen LogP contribution >= 0.6 is 12.4 Å². The van der Waals surface area contributed by atoms with Crippen LogP contribution in [0.3, 0.4) is 0 Å². The molecule has 5 nitrogen and oxygen atoms in total. The van der Waals surface area contributed by atoms with E-state index >= 15 is 0 Å². The van der Waals surface area contributed by atoms with Crippen LogP contribution in [-0.2, 0) is 0 Å². The standard InChI is InChI=1S/C18H21N5.ClH/c19-17(22-18(20)23-11-4-5-12-23)21-16-10-6-9-15(13-16)14-7-2-1-3-8-14;/h1-3,6-10,13H,4-5,11-12H2,(H4,19,20,21,22);1H. The van der Waals surface area contributed by atoms with Gasteiger partial charge in [-0.05, 0) is 36.1 Å². The molecule has 0 spiro atoms. The van der Waals surface area contributed by atoms with Gasteiger partial charge in [0.25, 0.3) is 0 Å². The molecule has 0 atom stereocenters. The number of benzene rings is 2. The van der Waals surface area contributed by atoms with E-state index < -0.39 is 0 Å². The molecule has 6 heteroatoms. The average Bonchev–Trinajstić information content (AvgIpc) is 3.10. The molecule has 2 aromatic carbocycles. The zero-order chi connectivity index (χ0) is 16.1. The van der Waals surface area contributed by atoms with Gasteiger partial charge in [-0.1, -0.05) is 42.5 Å². The normalized spacial score (nSPS) is 15.2. The van der Waals surface area contributed by atoms with E-state index in [-0.39, 0.29) is 18.4 Å². The molecule has 1 fully saturated rings. The molecule has 0 saturated carbocycles. The molecule has 0 radical (unpaired) electrons. The molecule has 0 amide bonds. The smallest absolute Gasteiger partial charge is 0.223 e. The van der Waals surface area contributed by atoms with Gasteiger partial charge in [0.15, 0.2) is 5.96 Å². The molecule has 0 aromatic heterocycles. The Morgan fingerprint density at radius 2 is 1.54 bits per heavy atom. The summed E-state index contributed by atoms with van der Waals surface area (Å²) in [5, 5.41) is 0. The number of aliphatic imine (C=N–C) groups is 2. The van der Waals surface area contributed by atoms with Gasteiger partial charge >= 0.3 is 0 Å². The number of rotatable bonds is 2. The molecule has 1 aliphatic heterocycles. The SMILES string of the molecule is Cl.NC(=Nc1cccc(-c2ccccc2)c1)N=C(N)N1CCCC1. The van der Waals surface area contributed by atoms with Gasteiger partial charge in [-0.15, -0.1) is 12.4 Å². The molecule has 1 aliphatic rings. The lowest BCUT2D eigenvalue weighted by atomic mass is 10.1. The summed E-state index contributed by atoms with van der Waals surface area (Å²) in [6.45, 7) is 1.87. The van der Waals surface area contributed by atoms with Gasteiger partial charge in [0.1, 0.15) is 0 Å². The lowest BCUT2D eigenvalue weighted by Gasteiger charge is -2.15. The number of nitrogens with zero attached hydrogens (tertiary/aromatic N) is 3. The molecule has 126 valence electrons. The largest absolute Gasteiger partial charge is 0.369 e. The Labute approximate surface area is 148 Å². The molecule has 1 heterocycles. The van der Waals surface area contributed by atoms with E-state index in [0.717, 1.165) is 42.7 Å². The highest BCUT2D eigenvalue weighted by Gasteiger charge is 2.13. The summed E-state index contributed by atoms with van der Waals surface area (Å²) in [6, 6.07) is 18.1. The minimum Gasteiger partial charge on any atom is -0.369 e. The predicted octanol–water partition coefficient (Wildman–Crippen LogP) is 3.13. The quantitative estimate of drug-likeness (QED) is 0.649. The third-order valence-electron chi connectivity index (χ3n) is 3.86. The summed E-state index contributed by atoms with van der Waals surface area (Å²) < 4.78 is 0. The minimum absolute atomic E-state index is 0. The molecule has 2 aromatic rings.